The van der Waals surface area contributed by atoms with Crippen LogP contribution >= 0.6 is 11.3 Å². The van der Waals surface area contributed by atoms with Crippen LogP contribution in [0.4, 0.5) is 0 Å². The standard InChI is InChI=1S/C18H32S/c1-5-8-11-16(7-3)14-15(4)17(10-6-2)18-12-9-13-19-18/h9,12-13,15-17H,5-8,10-11,14H2,1-4H3. The van der Waals surface area contributed by atoms with Gasteiger partial charge in [0.1, 0.15) is 0 Å². The number of hydrogen-bond acceptors (Lipinski definition) is 1. The van der Waals surface area contributed by atoms with E-state index in [2.05, 4.69) is 45.2 Å². The normalized spacial score (nSPS) is 16.2. The van der Waals surface area contributed by atoms with Crippen molar-refractivity contribution in [2.24, 2.45) is 11.8 Å². The van der Waals surface area contributed by atoms with Crippen molar-refractivity contribution >= 4 is 11.3 Å². The number of hydrogen-bond donors (Lipinski definition) is 0. The van der Waals surface area contributed by atoms with Crippen LogP contribution in [0, 0.1) is 11.8 Å². The fourth-order valence-electron chi connectivity index (χ4n) is 3.19. The highest BCUT2D eigenvalue weighted by Gasteiger charge is 2.22. The summed E-state index contributed by atoms with van der Waals surface area (Å²) >= 11 is 1.95. The quantitative estimate of drug-likeness (QED) is 0.438. The fraction of sp³-hybridized carbons (Fsp3) is 0.778. The Bertz CT molecular complexity index is 302. The van der Waals surface area contributed by atoms with Crippen LogP contribution in [0.1, 0.15) is 83.4 Å². The van der Waals surface area contributed by atoms with E-state index in [0.717, 1.165) is 17.8 Å². The third-order valence-electron chi connectivity index (χ3n) is 4.44. The molecule has 0 fully saturated rings. The molecule has 0 saturated heterocycles. The predicted molar refractivity (Wildman–Crippen MR) is 89.1 cm³/mol. The van der Waals surface area contributed by atoms with Crippen molar-refractivity contribution in [2.75, 3.05) is 0 Å². The minimum absolute atomic E-state index is 0.792. The third-order valence-corrected chi connectivity index (χ3v) is 5.45. The van der Waals surface area contributed by atoms with Gasteiger partial charge < -0.3 is 0 Å². The average Bonchev–Trinajstić information content (AvgIpc) is 2.94. The SMILES string of the molecule is CCCCC(CC)CC(C)C(CCC)c1cccs1. The molecule has 0 saturated carbocycles. The molecule has 0 bridgehead atoms. The summed E-state index contributed by atoms with van der Waals surface area (Å²) in [7, 11) is 0. The number of unbranched alkanes of at least 4 members (excludes halogenated alkanes) is 1. The van der Waals surface area contributed by atoms with E-state index in [-0.39, 0.29) is 0 Å². The lowest BCUT2D eigenvalue weighted by atomic mass is 9.80. The molecule has 0 aliphatic carbocycles. The van der Waals surface area contributed by atoms with E-state index in [4.69, 9.17) is 0 Å². The molecule has 1 rings (SSSR count). The van der Waals surface area contributed by atoms with Gasteiger partial charge in [-0.15, -0.1) is 11.3 Å². The van der Waals surface area contributed by atoms with Crippen molar-refractivity contribution in [3.63, 3.8) is 0 Å². The van der Waals surface area contributed by atoms with Gasteiger partial charge in [-0.1, -0.05) is 65.9 Å². The summed E-state index contributed by atoms with van der Waals surface area (Å²) in [5.41, 5.74) is 0. The smallest absolute Gasteiger partial charge is 0.00788 e. The predicted octanol–water partition coefficient (Wildman–Crippen LogP) is 6.87. The van der Waals surface area contributed by atoms with Gasteiger partial charge in [0.2, 0.25) is 0 Å². The second-order valence-electron chi connectivity index (χ2n) is 6.04. The number of thiophene rings is 1. The van der Waals surface area contributed by atoms with Crippen LogP contribution in [0.15, 0.2) is 17.5 Å². The molecule has 1 aromatic heterocycles. The highest BCUT2D eigenvalue weighted by Crippen LogP contribution is 2.37. The van der Waals surface area contributed by atoms with Gasteiger partial charge >= 0.3 is 0 Å². The van der Waals surface area contributed by atoms with Gasteiger partial charge in [-0.25, -0.2) is 0 Å². The van der Waals surface area contributed by atoms with Crippen LogP contribution in [0.3, 0.4) is 0 Å². The lowest BCUT2D eigenvalue weighted by molar-refractivity contribution is 0.309. The Balaban J connectivity index is 2.58. The maximum Gasteiger partial charge on any atom is 0.00788 e. The fourth-order valence-corrected chi connectivity index (χ4v) is 4.19. The van der Waals surface area contributed by atoms with E-state index in [0.29, 0.717) is 0 Å². The first-order valence-electron chi connectivity index (χ1n) is 8.26. The van der Waals surface area contributed by atoms with Crippen molar-refractivity contribution < 1.29 is 0 Å². The molecule has 3 atom stereocenters. The lowest BCUT2D eigenvalue weighted by Crippen LogP contribution is -2.13. The van der Waals surface area contributed by atoms with Crippen LogP contribution in [-0.4, -0.2) is 0 Å². The Morgan fingerprint density at radius 3 is 2.42 bits per heavy atom. The maximum atomic E-state index is 2.48. The van der Waals surface area contributed by atoms with E-state index in [9.17, 15) is 0 Å². The van der Waals surface area contributed by atoms with Gasteiger partial charge in [-0.2, -0.15) is 0 Å². The topological polar surface area (TPSA) is 0 Å². The molecular formula is C18H32S. The first-order valence-corrected chi connectivity index (χ1v) is 9.14. The zero-order chi connectivity index (χ0) is 14.1. The average molecular weight is 281 g/mol. The summed E-state index contributed by atoms with van der Waals surface area (Å²) in [6.07, 6.45) is 9.61. The molecule has 0 aromatic carbocycles. The molecule has 0 radical (unpaired) electrons. The van der Waals surface area contributed by atoms with Gasteiger partial charge in [0.15, 0.2) is 0 Å². The van der Waals surface area contributed by atoms with Crippen molar-refractivity contribution in [1.29, 1.82) is 0 Å². The summed E-state index contributed by atoms with van der Waals surface area (Å²) in [4.78, 5) is 1.61. The molecule has 0 amide bonds. The molecule has 19 heavy (non-hydrogen) atoms. The van der Waals surface area contributed by atoms with Gasteiger partial charge in [-0.3, -0.25) is 0 Å². The zero-order valence-corrected chi connectivity index (χ0v) is 14.1. The highest BCUT2D eigenvalue weighted by molar-refractivity contribution is 7.10. The van der Waals surface area contributed by atoms with E-state index in [1.807, 2.05) is 11.3 Å². The Labute approximate surface area is 124 Å². The van der Waals surface area contributed by atoms with Crippen LogP contribution < -0.4 is 0 Å². The Hall–Kier alpha value is -0.300. The van der Waals surface area contributed by atoms with Gasteiger partial charge in [0, 0.05) is 4.88 Å². The van der Waals surface area contributed by atoms with Crippen molar-refractivity contribution in [1.82, 2.24) is 0 Å². The van der Waals surface area contributed by atoms with E-state index < -0.39 is 0 Å². The first kappa shape index (κ1) is 16.8. The molecule has 1 heterocycles. The maximum absolute atomic E-state index is 2.48. The second-order valence-corrected chi connectivity index (χ2v) is 7.02. The molecule has 0 aliphatic heterocycles. The van der Waals surface area contributed by atoms with E-state index in [1.54, 1.807) is 4.88 Å². The van der Waals surface area contributed by atoms with Crippen LogP contribution in [0.2, 0.25) is 0 Å². The summed E-state index contributed by atoms with van der Waals surface area (Å²) in [5, 5.41) is 2.24. The van der Waals surface area contributed by atoms with Gasteiger partial charge in [-0.05, 0) is 42.0 Å². The second kappa shape index (κ2) is 9.58. The molecule has 110 valence electrons. The molecule has 0 spiro atoms. The van der Waals surface area contributed by atoms with Crippen molar-refractivity contribution in [3.05, 3.63) is 22.4 Å². The molecule has 1 aromatic rings. The van der Waals surface area contributed by atoms with Crippen LogP contribution in [-0.2, 0) is 0 Å². The molecule has 3 unspecified atom stereocenters. The monoisotopic (exact) mass is 280 g/mol. The third kappa shape index (κ3) is 5.69. The first-order chi connectivity index (χ1) is 9.22. The molecule has 0 N–H and O–H groups in total. The van der Waals surface area contributed by atoms with E-state index in [1.165, 1.54) is 44.9 Å². The summed E-state index contributed by atoms with van der Waals surface area (Å²) < 4.78 is 0. The molecular weight excluding hydrogens is 248 g/mol. The Kier molecular flexibility index (Phi) is 8.45. The van der Waals surface area contributed by atoms with E-state index >= 15 is 0 Å². The van der Waals surface area contributed by atoms with Crippen LogP contribution in [0.5, 0.6) is 0 Å². The Morgan fingerprint density at radius 2 is 1.89 bits per heavy atom. The molecule has 0 nitrogen and oxygen atoms in total. The highest BCUT2D eigenvalue weighted by atomic mass is 32.1. The molecule has 1 heteroatoms. The van der Waals surface area contributed by atoms with Gasteiger partial charge in [0.25, 0.3) is 0 Å². The minimum atomic E-state index is 0.792. The van der Waals surface area contributed by atoms with Crippen molar-refractivity contribution in [2.45, 2.75) is 78.6 Å². The summed E-state index contributed by atoms with van der Waals surface area (Å²) in [6.45, 7) is 9.48. The summed E-state index contributed by atoms with van der Waals surface area (Å²) in [6, 6.07) is 4.55. The zero-order valence-electron chi connectivity index (χ0n) is 13.3. The molecule has 0 aliphatic rings. The largest absolute Gasteiger partial charge is 0.149 e. The van der Waals surface area contributed by atoms with Crippen molar-refractivity contribution in [3.8, 4) is 0 Å². The lowest BCUT2D eigenvalue weighted by Gasteiger charge is -2.26. The Morgan fingerprint density at radius 1 is 1.11 bits per heavy atom. The number of rotatable bonds is 10. The van der Waals surface area contributed by atoms with Crippen LogP contribution in [0.25, 0.3) is 0 Å². The van der Waals surface area contributed by atoms with Gasteiger partial charge in [0.05, 0.1) is 0 Å². The summed E-state index contributed by atoms with van der Waals surface area (Å²) in [5.74, 6) is 2.57. The minimum Gasteiger partial charge on any atom is -0.149 e.